The highest BCUT2D eigenvalue weighted by Gasteiger charge is 2.35. The van der Waals surface area contributed by atoms with Crippen LogP contribution in [0.15, 0.2) is 12.2 Å². The van der Waals surface area contributed by atoms with E-state index in [1.165, 1.54) is 0 Å². The van der Waals surface area contributed by atoms with Gasteiger partial charge in [-0.2, -0.15) is 0 Å². The minimum absolute atomic E-state index is 0.0879. The van der Waals surface area contributed by atoms with Gasteiger partial charge in [-0.3, -0.25) is 4.79 Å². The van der Waals surface area contributed by atoms with Crippen molar-refractivity contribution in [3.63, 3.8) is 0 Å². The Morgan fingerprint density at radius 1 is 1.35 bits per heavy atom. The Kier molecular flexibility index (Phi) is 7.02. The molecule has 2 saturated heterocycles. The molecule has 0 unspecified atom stereocenters. The van der Waals surface area contributed by atoms with Crippen LogP contribution in [0.5, 0.6) is 0 Å². The van der Waals surface area contributed by atoms with E-state index in [0.717, 1.165) is 38.8 Å². The number of allylic oxidation sites excluding steroid dienone is 1. The summed E-state index contributed by atoms with van der Waals surface area (Å²) in [6.45, 7) is 5.42. The van der Waals surface area contributed by atoms with Gasteiger partial charge in [0, 0.05) is 19.5 Å². The molecule has 2 aliphatic rings. The van der Waals surface area contributed by atoms with Crippen LogP contribution < -0.4 is 0 Å². The molecule has 0 aromatic rings. The number of carbonyl (C=O) groups excluding carboxylic acids is 1. The van der Waals surface area contributed by atoms with Crippen molar-refractivity contribution < 1.29 is 24.5 Å². The Labute approximate surface area is 138 Å². The predicted octanol–water partition coefficient (Wildman–Crippen LogP) is 1.21. The summed E-state index contributed by atoms with van der Waals surface area (Å²) in [4.78, 5) is 13.7. The number of aliphatic hydroxyl groups is 2. The van der Waals surface area contributed by atoms with Gasteiger partial charge in [-0.25, -0.2) is 0 Å². The van der Waals surface area contributed by atoms with E-state index in [4.69, 9.17) is 9.47 Å². The fourth-order valence-corrected chi connectivity index (χ4v) is 2.92. The van der Waals surface area contributed by atoms with Crippen molar-refractivity contribution in [3.8, 4) is 0 Å². The summed E-state index contributed by atoms with van der Waals surface area (Å²) < 4.78 is 11.2. The average Bonchev–Trinajstić information content (AvgIpc) is 3.03. The third kappa shape index (κ3) is 5.57. The molecule has 2 heterocycles. The first-order valence-electron chi connectivity index (χ1n) is 8.60. The zero-order chi connectivity index (χ0) is 16.8. The molecule has 23 heavy (non-hydrogen) atoms. The average molecular weight is 327 g/mol. The fraction of sp³-hybridized carbons (Fsp3) is 0.824. The van der Waals surface area contributed by atoms with Crippen LogP contribution in [0.3, 0.4) is 0 Å². The first-order valence-corrected chi connectivity index (χ1v) is 8.60. The van der Waals surface area contributed by atoms with Gasteiger partial charge >= 0.3 is 0 Å². The second-order valence-electron chi connectivity index (χ2n) is 6.54. The number of aliphatic hydroxyl groups excluding tert-OH is 2. The molecule has 2 N–H and O–H groups in total. The SMILES string of the molecule is C[C@H](CC/C=C/C(=O)N1CCCC1)O[C@@H]1O[C@@H](C)[C@H](O)C[C@H]1O. The van der Waals surface area contributed by atoms with Crippen LogP contribution in [0, 0.1) is 0 Å². The van der Waals surface area contributed by atoms with Gasteiger partial charge < -0.3 is 24.6 Å². The van der Waals surface area contributed by atoms with E-state index in [9.17, 15) is 15.0 Å². The number of hydrogen-bond acceptors (Lipinski definition) is 5. The minimum atomic E-state index is -0.809. The van der Waals surface area contributed by atoms with Crippen molar-refractivity contribution in [3.05, 3.63) is 12.2 Å². The van der Waals surface area contributed by atoms with E-state index in [1.807, 2.05) is 17.9 Å². The van der Waals surface area contributed by atoms with Crippen LogP contribution >= 0.6 is 0 Å². The summed E-state index contributed by atoms with van der Waals surface area (Å²) in [7, 11) is 0. The minimum Gasteiger partial charge on any atom is -0.390 e. The van der Waals surface area contributed by atoms with Crippen LogP contribution in [-0.4, -0.2) is 64.8 Å². The Morgan fingerprint density at radius 2 is 2.04 bits per heavy atom. The summed E-state index contributed by atoms with van der Waals surface area (Å²) in [6.07, 6.45) is 4.87. The van der Waals surface area contributed by atoms with E-state index >= 15 is 0 Å². The monoisotopic (exact) mass is 327 g/mol. The van der Waals surface area contributed by atoms with Crippen molar-refractivity contribution in [2.24, 2.45) is 0 Å². The van der Waals surface area contributed by atoms with Crippen molar-refractivity contribution in [1.82, 2.24) is 4.90 Å². The highest BCUT2D eigenvalue weighted by molar-refractivity contribution is 5.87. The second kappa shape index (κ2) is 8.78. The molecule has 6 nitrogen and oxygen atoms in total. The lowest BCUT2D eigenvalue weighted by atomic mass is 10.0. The molecule has 1 amide bonds. The van der Waals surface area contributed by atoms with Crippen LogP contribution in [-0.2, 0) is 14.3 Å². The summed E-state index contributed by atoms with van der Waals surface area (Å²) in [5, 5.41) is 19.5. The molecule has 0 radical (unpaired) electrons. The Hall–Kier alpha value is -0.950. The molecule has 2 aliphatic heterocycles. The first kappa shape index (κ1) is 18.4. The lowest BCUT2D eigenvalue weighted by Crippen LogP contribution is -2.48. The lowest BCUT2D eigenvalue weighted by Gasteiger charge is -2.36. The first-order chi connectivity index (χ1) is 11.0. The van der Waals surface area contributed by atoms with Crippen molar-refractivity contribution in [2.75, 3.05) is 13.1 Å². The largest absolute Gasteiger partial charge is 0.390 e. The summed E-state index contributed by atoms with van der Waals surface area (Å²) >= 11 is 0. The number of likely N-dealkylation sites (tertiary alicyclic amines) is 1. The smallest absolute Gasteiger partial charge is 0.246 e. The molecule has 0 spiro atoms. The maximum atomic E-state index is 11.8. The zero-order valence-corrected chi connectivity index (χ0v) is 14.1. The maximum absolute atomic E-state index is 11.8. The molecule has 6 heteroatoms. The van der Waals surface area contributed by atoms with Gasteiger partial charge in [-0.15, -0.1) is 0 Å². The molecule has 132 valence electrons. The van der Waals surface area contributed by atoms with Gasteiger partial charge in [0.15, 0.2) is 6.29 Å². The Morgan fingerprint density at radius 3 is 2.74 bits per heavy atom. The highest BCUT2D eigenvalue weighted by Crippen LogP contribution is 2.22. The standard InChI is InChI=1S/C17H29NO5/c1-12(22-17-15(20)11-14(19)13(2)23-17)7-3-4-8-16(21)18-9-5-6-10-18/h4,8,12-15,17,19-20H,3,5-7,9-11H2,1-2H3/b8-4+/t12-,13+,14-,15-,17-/m1/s1. The third-order valence-corrected chi connectivity index (χ3v) is 4.47. The molecule has 2 rings (SSSR count). The fourth-order valence-electron chi connectivity index (χ4n) is 2.92. The number of rotatable bonds is 6. The quantitative estimate of drug-likeness (QED) is 0.717. The van der Waals surface area contributed by atoms with Crippen LogP contribution in [0.2, 0.25) is 0 Å². The van der Waals surface area contributed by atoms with Crippen molar-refractivity contribution >= 4 is 5.91 Å². The van der Waals surface area contributed by atoms with Gasteiger partial charge in [0.2, 0.25) is 5.91 Å². The number of amides is 1. The predicted molar refractivity (Wildman–Crippen MR) is 85.7 cm³/mol. The number of carbonyl (C=O) groups is 1. The topological polar surface area (TPSA) is 79.2 Å². The number of ether oxygens (including phenoxy) is 2. The van der Waals surface area contributed by atoms with Gasteiger partial charge in [0.05, 0.1) is 18.3 Å². The van der Waals surface area contributed by atoms with Crippen LogP contribution in [0.1, 0.15) is 46.0 Å². The molecular formula is C17H29NO5. The normalized spacial score (nSPS) is 33.3. The molecule has 0 aliphatic carbocycles. The maximum Gasteiger partial charge on any atom is 0.246 e. The van der Waals surface area contributed by atoms with E-state index in [1.54, 1.807) is 13.0 Å². The molecule has 0 aromatic heterocycles. The van der Waals surface area contributed by atoms with Crippen molar-refractivity contribution in [1.29, 1.82) is 0 Å². The van der Waals surface area contributed by atoms with E-state index in [2.05, 4.69) is 0 Å². The summed E-state index contributed by atoms with van der Waals surface area (Å²) in [5.74, 6) is 0.0879. The van der Waals surface area contributed by atoms with Gasteiger partial charge in [-0.1, -0.05) is 6.08 Å². The molecule has 0 aromatic carbocycles. The summed E-state index contributed by atoms with van der Waals surface area (Å²) in [6, 6.07) is 0. The Balaban J connectivity index is 1.66. The zero-order valence-electron chi connectivity index (χ0n) is 14.1. The van der Waals surface area contributed by atoms with Gasteiger partial charge in [0.1, 0.15) is 6.10 Å². The van der Waals surface area contributed by atoms with Crippen molar-refractivity contribution in [2.45, 2.75) is 76.7 Å². The second-order valence-corrected chi connectivity index (χ2v) is 6.54. The Bertz CT molecular complexity index is 408. The van der Waals surface area contributed by atoms with Crippen LogP contribution in [0.4, 0.5) is 0 Å². The van der Waals surface area contributed by atoms with Crippen LogP contribution in [0.25, 0.3) is 0 Å². The van der Waals surface area contributed by atoms with E-state index in [0.29, 0.717) is 0 Å². The van der Waals surface area contributed by atoms with Gasteiger partial charge in [-0.05, 0) is 45.6 Å². The number of hydrogen-bond donors (Lipinski definition) is 2. The van der Waals surface area contributed by atoms with E-state index < -0.39 is 18.5 Å². The molecular weight excluding hydrogens is 298 g/mol. The lowest BCUT2D eigenvalue weighted by molar-refractivity contribution is -0.273. The number of nitrogens with zero attached hydrogens (tertiary/aromatic N) is 1. The van der Waals surface area contributed by atoms with Gasteiger partial charge in [0.25, 0.3) is 0 Å². The molecule has 2 fully saturated rings. The third-order valence-electron chi connectivity index (χ3n) is 4.47. The molecule has 0 saturated carbocycles. The summed E-state index contributed by atoms with van der Waals surface area (Å²) in [5.41, 5.74) is 0. The molecule has 0 bridgehead atoms. The molecule has 5 atom stereocenters. The highest BCUT2D eigenvalue weighted by atomic mass is 16.7. The van der Waals surface area contributed by atoms with E-state index in [-0.39, 0.29) is 24.5 Å².